The molecule has 0 radical (unpaired) electrons. The van der Waals surface area contributed by atoms with Crippen LogP contribution in [0, 0.1) is 0 Å². The molecule has 0 N–H and O–H groups in total. The lowest BCUT2D eigenvalue weighted by atomic mass is 9.50. The summed E-state index contributed by atoms with van der Waals surface area (Å²) in [6.07, 6.45) is 0. The zero-order valence-corrected chi connectivity index (χ0v) is 32.0. The zero-order chi connectivity index (χ0) is 39.1. The topological polar surface area (TPSA) is 49.7 Å². The average Bonchev–Trinajstić information content (AvgIpc) is 3.98. The van der Waals surface area contributed by atoms with Crippen LogP contribution in [0.25, 0.3) is 105 Å². The number of hydrogen-bond acceptors (Lipinski definition) is 4. The summed E-state index contributed by atoms with van der Waals surface area (Å²) in [6.45, 7) is -0.343. The van der Waals surface area contributed by atoms with E-state index in [1.54, 1.807) is 0 Å². The summed E-state index contributed by atoms with van der Waals surface area (Å²) >= 11 is 0. The first kappa shape index (κ1) is 32.1. The van der Waals surface area contributed by atoms with E-state index >= 15 is 0 Å². The monoisotopic (exact) mass is 767 g/mol. The maximum absolute atomic E-state index is 7.04. The van der Waals surface area contributed by atoms with E-state index in [2.05, 4.69) is 156 Å². The van der Waals surface area contributed by atoms with Crippen molar-refractivity contribution < 1.29 is 18.2 Å². The number of para-hydroxylation sites is 5. The molecule has 0 saturated carbocycles. The number of benzene rings is 9. The maximum Gasteiger partial charge on any atom is 0.434 e. The van der Waals surface area contributed by atoms with Crippen molar-refractivity contribution >= 4 is 83.5 Å². The first-order chi connectivity index (χ1) is 29.7. The molecule has 60 heavy (non-hydrogen) atoms. The Bertz CT molecular complexity index is 3760. The molecule has 5 nitrogen and oxygen atoms in total. The van der Waals surface area contributed by atoms with Gasteiger partial charge in [-0.1, -0.05) is 109 Å². The number of aromatic nitrogens is 1. The minimum absolute atomic E-state index is 0.343. The minimum Gasteiger partial charge on any atom is -0.551 e. The van der Waals surface area contributed by atoms with Crippen molar-refractivity contribution in [1.29, 1.82) is 0 Å². The highest BCUT2D eigenvalue weighted by Crippen LogP contribution is 2.46. The number of hydrogen-bond donors (Lipinski definition) is 0. The van der Waals surface area contributed by atoms with Gasteiger partial charge in [0.25, 0.3) is 0 Å². The molecule has 0 bridgehead atoms. The van der Waals surface area contributed by atoms with Crippen LogP contribution in [0.5, 0.6) is 17.2 Å². The van der Waals surface area contributed by atoms with Crippen molar-refractivity contribution in [3.8, 4) is 56.3 Å². The molecule has 5 heterocycles. The van der Waals surface area contributed by atoms with Crippen molar-refractivity contribution in [1.82, 2.24) is 4.57 Å². The van der Waals surface area contributed by atoms with E-state index in [0.717, 1.165) is 122 Å². The van der Waals surface area contributed by atoms with E-state index in [-0.39, 0.29) is 6.92 Å². The van der Waals surface area contributed by atoms with Crippen molar-refractivity contribution in [3.05, 3.63) is 182 Å². The van der Waals surface area contributed by atoms with Crippen molar-refractivity contribution in [2.45, 2.75) is 0 Å². The number of furan rings is 2. The smallest absolute Gasteiger partial charge is 0.434 e. The van der Waals surface area contributed by atoms with Crippen LogP contribution in [0.2, 0.25) is 0 Å². The second-order valence-electron chi connectivity index (χ2n) is 15.9. The molecular formula is C54H30BNO4. The molecule has 0 aliphatic carbocycles. The van der Waals surface area contributed by atoms with E-state index in [1.807, 2.05) is 30.3 Å². The lowest BCUT2D eigenvalue weighted by molar-refractivity contribution is 0.479. The molecule has 0 amide bonds. The SMILES string of the molecule is c1ccc2c(c1)Oc1cc(-c3cc(-n4c5ccccc5c5ccccc54)cc4c3oc3ccccc34)cc3c1B2Oc1cc(-c2ccc4c(c2)oc2ccccc24)ccc1-3. The van der Waals surface area contributed by atoms with Crippen molar-refractivity contribution in [3.63, 3.8) is 0 Å². The predicted octanol–water partition coefficient (Wildman–Crippen LogP) is 13.2. The Labute approximate surface area is 343 Å². The molecule has 278 valence electrons. The van der Waals surface area contributed by atoms with Crippen LogP contribution >= 0.6 is 0 Å². The number of nitrogens with zero attached hydrogens (tertiary/aromatic N) is 1. The molecule has 14 rings (SSSR count). The van der Waals surface area contributed by atoms with Gasteiger partial charge >= 0.3 is 6.92 Å². The molecule has 0 atom stereocenters. The van der Waals surface area contributed by atoms with Crippen LogP contribution in [-0.4, -0.2) is 11.5 Å². The van der Waals surface area contributed by atoms with Crippen LogP contribution < -0.4 is 20.3 Å². The van der Waals surface area contributed by atoms with Crippen LogP contribution in [0.15, 0.2) is 191 Å². The van der Waals surface area contributed by atoms with Gasteiger partial charge in [-0.25, -0.2) is 0 Å². The lowest BCUT2D eigenvalue weighted by Gasteiger charge is -2.33. The van der Waals surface area contributed by atoms with Gasteiger partial charge in [0.2, 0.25) is 0 Å². The molecule has 2 aliphatic heterocycles. The average molecular weight is 768 g/mol. The van der Waals surface area contributed by atoms with Gasteiger partial charge in [0.1, 0.15) is 39.6 Å². The lowest BCUT2D eigenvalue weighted by Crippen LogP contribution is -2.53. The van der Waals surface area contributed by atoms with Gasteiger partial charge < -0.3 is 22.8 Å². The molecule has 9 aromatic carbocycles. The predicted molar refractivity (Wildman–Crippen MR) is 244 cm³/mol. The van der Waals surface area contributed by atoms with Gasteiger partial charge in [-0.2, -0.15) is 0 Å². The molecular weight excluding hydrogens is 737 g/mol. The minimum atomic E-state index is -0.343. The third-order valence-electron chi connectivity index (χ3n) is 12.7. The molecule has 0 spiro atoms. The Morgan fingerprint density at radius 1 is 0.383 bits per heavy atom. The standard InChI is InChI=1S/C54H30BNO4/c1-6-16-45-35(11-1)36-12-2-7-17-46(36)56(45)34-29-41(54-43(30-34)38-14-4-9-19-48(38)59-54)33-25-42-40-24-22-32(31-21-23-39-37-13-3-8-18-47(37)57-50(39)26-31)27-51(40)60-55-44-15-5-10-20-49(44)58-52(28-33)53(42)55/h1-30H. The molecule has 0 unspecified atom stereocenters. The first-order valence-corrected chi connectivity index (χ1v) is 20.3. The highest BCUT2D eigenvalue weighted by atomic mass is 16.5. The van der Waals surface area contributed by atoms with Gasteiger partial charge in [-0.15, -0.1) is 0 Å². The fourth-order valence-electron chi connectivity index (χ4n) is 9.96. The van der Waals surface area contributed by atoms with E-state index in [0.29, 0.717) is 0 Å². The molecule has 0 fully saturated rings. The largest absolute Gasteiger partial charge is 0.551 e. The van der Waals surface area contributed by atoms with Crippen molar-refractivity contribution in [2.75, 3.05) is 0 Å². The quantitative estimate of drug-likeness (QED) is 0.168. The Hall–Kier alpha value is -7.96. The molecule has 6 heteroatoms. The van der Waals surface area contributed by atoms with Crippen LogP contribution in [0.4, 0.5) is 0 Å². The summed E-state index contributed by atoms with van der Waals surface area (Å²) < 4.78 is 29.3. The third kappa shape index (κ3) is 4.42. The van der Waals surface area contributed by atoms with Gasteiger partial charge in [0.05, 0.1) is 11.0 Å². The normalized spacial score (nSPS) is 12.9. The van der Waals surface area contributed by atoms with Crippen molar-refractivity contribution in [2.24, 2.45) is 0 Å². The van der Waals surface area contributed by atoms with E-state index in [4.69, 9.17) is 18.2 Å². The summed E-state index contributed by atoms with van der Waals surface area (Å²) in [5.41, 5.74) is 15.0. The highest BCUT2D eigenvalue weighted by Gasteiger charge is 2.41. The Morgan fingerprint density at radius 2 is 1.02 bits per heavy atom. The van der Waals surface area contributed by atoms with Crippen LogP contribution in [0.3, 0.4) is 0 Å². The van der Waals surface area contributed by atoms with Gasteiger partial charge in [-0.05, 0) is 95.1 Å². The number of fused-ring (bicyclic) bond motifs is 13. The molecule has 3 aromatic heterocycles. The third-order valence-corrected chi connectivity index (χ3v) is 12.7. The molecule has 2 aliphatic rings. The number of rotatable bonds is 3. The first-order valence-electron chi connectivity index (χ1n) is 20.3. The van der Waals surface area contributed by atoms with Crippen LogP contribution in [-0.2, 0) is 0 Å². The molecule has 12 aromatic rings. The summed E-state index contributed by atoms with van der Waals surface area (Å²) in [6, 6.07) is 64.1. The Balaban J connectivity index is 1.01. The summed E-state index contributed by atoms with van der Waals surface area (Å²) in [5.74, 6) is 2.39. The van der Waals surface area contributed by atoms with Gasteiger partial charge in [0.15, 0.2) is 0 Å². The Morgan fingerprint density at radius 3 is 1.83 bits per heavy atom. The Kier molecular flexibility index (Phi) is 6.31. The van der Waals surface area contributed by atoms with E-state index in [9.17, 15) is 0 Å². The fraction of sp³-hybridized carbons (Fsp3) is 0. The number of ether oxygens (including phenoxy) is 1. The summed E-state index contributed by atoms with van der Waals surface area (Å²) in [5, 5.41) is 6.80. The summed E-state index contributed by atoms with van der Waals surface area (Å²) in [7, 11) is 0. The fourth-order valence-corrected chi connectivity index (χ4v) is 9.96. The maximum atomic E-state index is 7.04. The van der Waals surface area contributed by atoms with Crippen LogP contribution in [0.1, 0.15) is 0 Å². The summed E-state index contributed by atoms with van der Waals surface area (Å²) in [4.78, 5) is 0. The zero-order valence-electron chi connectivity index (χ0n) is 32.0. The van der Waals surface area contributed by atoms with E-state index < -0.39 is 0 Å². The van der Waals surface area contributed by atoms with Gasteiger partial charge in [0, 0.05) is 60.1 Å². The highest BCUT2D eigenvalue weighted by molar-refractivity contribution is 6.84. The second kappa shape index (κ2) is 11.8. The molecule has 0 saturated heterocycles. The van der Waals surface area contributed by atoms with E-state index in [1.165, 1.54) is 10.8 Å². The second-order valence-corrected chi connectivity index (χ2v) is 15.9. The van der Waals surface area contributed by atoms with Gasteiger partial charge in [-0.3, -0.25) is 0 Å².